The number of nitrogens with two attached hydrogens (primary N) is 1. The lowest BCUT2D eigenvalue weighted by atomic mass is 9.86. The number of primary amides is 1. The van der Waals surface area contributed by atoms with Gasteiger partial charge in [-0.15, -0.1) is 11.3 Å². The molecule has 1 aromatic carbocycles. The molecule has 0 spiro atoms. The van der Waals surface area contributed by atoms with Gasteiger partial charge in [0.05, 0.1) is 28.3 Å². The molecule has 0 fully saturated rings. The third-order valence-corrected chi connectivity index (χ3v) is 6.45. The number of hydrogen-bond acceptors (Lipinski definition) is 6. The zero-order valence-electron chi connectivity index (χ0n) is 16.0. The number of nitriles is 1. The average Bonchev–Trinajstić information content (AvgIpc) is 3.21. The number of allylic oxidation sites excluding steroid dienone is 2. The Morgan fingerprint density at radius 2 is 2.03 bits per heavy atom. The number of aryl methyl sites for hydroxylation is 1. The number of anilines is 1. The van der Waals surface area contributed by atoms with Crippen LogP contribution in [0.5, 0.6) is 0 Å². The molecule has 4 N–H and O–H groups in total. The Hall–Kier alpha value is -3.02. The molecule has 8 heteroatoms. The number of hydrogen-bond donors (Lipinski definition) is 3. The van der Waals surface area contributed by atoms with Gasteiger partial charge in [0.15, 0.2) is 0 Å². The monoisotopic (exact) mass is 424 g/mol. The summed E-state index contributed by atoms with van der Waals surface area (Å²) in [6.07, 6.45) is 0. The van der Waals surface area contributed by atoms with Crippen molar-refractivity contribution in [2.24, 2.45) is 5.73 Å². The largest absolute Gasteiger partial charge is 0.369 e. The lowest BCUT2D eigenvalue weighted by Gasteiger charge is -2.29. The molecule has 1 aliphatic rings. The molecule has 0 bridgehead atoms. The zero-order valence-corrected chi connectivity index (χ0v) is 17.6. The molecular formula is C21H20N4O2S2. The van der Waals surface area contributed by atoms with Crippen LogP contribution < -0.4 is 16.4 Å². The van der Waals surface area contributed by atoms with E-state index in [2.05, 4.69) is 16.7 Å². The Labute approximate surface area is 177 Å². The fraction of sp³-hybridized carbons (Fsp3) is 0.190. The lowest BCUT2D eigenvalue weighted by Crippen LogP contribution is -2.31. The van der Waals surface area contributed by atoms with Crippen molar-refractivity contribution in [1.82, 2.24) is 5.32 Å². The number of thiophene rings is 1. The molecule has 3 rings (SSSR count). The van der Waals surface area contributed by atoms with E-state index in [0.29, 0.717) is 21.9 Å². The summed E-state index contributed by atoms with van der Waals surface area (Å²) in [4.78, 5) is 25.4. The molecule has 2 aromatic rings. The second-order valence-corrected chi connectivity index (χ2v) is 8.46. The fourth-order valence-electron chi connectivity index (χ4n) is 3.11. The first kappa shape index (κ1) is 20.7. The van der Waals surface area contributed by atoms with Crippen molar-refractivity contribution >= 4 is 40.6 Å². The second kappa shape index (κ2) is 8.99. The zero-order chi connectivity index (χ0) is 21.0. The van der Waals surface area contributed by atoms with Crippen molar-refractivity contribution in [1.29, 1.82) is 5.26 Å². The van der Waals surface area contributed by atoms with E-state index in [0.717, 1.165) is 16.1 Å². The molecule has 0 unspecified atom stereocenters. The number of para-hydroxylation sites is 1. The summed E-state index contributed by atoms with van der Waals surface area (Å²) in [6, 6.07) is 13.6. The van der Waals surface area contributed by atoms with E-state index in [1.54, 1.807) is 6.92 Å². The highest BCUT2D eigenvalue weighted by Gasteiger charge is 2.35. The molecule has 2 amide bonds. The standard InChI is InChI=1S/C21H20N4O2S2/c1-12-6-3-4-7-15(12)25-20(27)18-13(2)24-21(29-11-17(23)26)14(10-22)19(18)16-8-5-9-28-16/h3-9,19,24H,11H2,1-2H3,(H2,23,26)(H,25,27)/t19-/m0/s1. The number of nitrogens with one attached hydrogen (secondary N) is 2. The van der Waals surface area contributed by atoms with Gasteiger partial charge in [0.25, 0.3) is 5.91 Å². The van der Waals surface area contributed by atoms with Gasteiger partial charge in [-0.05, 0) is 36.9 Å². The van der Waals surface area contributed by atoms with Crippen molar-refractivity contribution in [3.8, 4) is 6.07 Å². The van der Waals surface area contributed by atoms with Gasteiger partial charge in [-0.1, -0.05) is 36.0 Å². The molecule has 1 atom stereocenters. The van der Waals surface area contributed by atoms with Crippen molar-refractivity contribution < 1.29 is 9.59 Å². The molecule has 1 aliphatic heterocycles. The van der Waals surface area contributed by atoms with Gasteiger partial charge in [-0.25, -0.2) is 0 Å². The van der Waals surface area contributed by atoms with Gasteiger partial charge < -0.3 is 16.4 Å². The van der Waals surface area contributed by atoms with Crippen molar-refractivity contribution in [2.45, 2.75) is 19.8 Å². The van der Waals surface area contributed by atoms with Crippen LogP contribution in [0.25, 0.3) is 0 Å². The maximum atomic E-state index is 13.3. The minimum absolute atomic E-state index is 0.0443. The molecule has 148 valence electrons. The Balaban J connectivity index is 2.02. The SMILES string of the molecule is CC1=C(C(=O)Nc2ccccc2C)[C@H](c2cccs2)C(C#N)=C(SCC(N)=O)N1. The van der Waals surface area contributed by atoms with E-state index in [1.807, 2.05) is 48.7 Å². The number of rotatable bonds is 6. The number of nitrogens with zero attached hydrogens (tertiary/aromatic N) is 1. The van der Waals surface area contributed by atoms with Crippen LogP contribution in [0.15, 0.2) is 63.7 Å². The maximum absolute atomic E-state index is 13.3. The Morgan fingerprint density at radius 1 is 1.28 bits per heavy atom. The summed E-state index contributed by atoms with van der Waals surface area (Å²) in [6.45, 7) is 3.72. The summed E-state index contributed by atoms with van der Waals surface area (Å²) in [7, 11) is 0. The van der Waals surface area contributed by atoms with Crippen molar-refractivity contribution in [3.05, 3.63) is 74.1 Å². The van der Waals surface area contributed by atoms with E-state index >= 15 is 0 Å². The minimum atomic E-state index is -0.513. The smallest absolute Gasteiger partial charge is 0.254 e. The van der Waals surface area contributed by atoms with Crippen LogP contribution in [-0.4, -0.2) is 17.6 Å². The summed E-state index contributed by atoms with van der Waals surface area (Å²) in [5.41, 5.74) is 8.46. The maximum Gasteiger partial charge on any atom is 0.254 e. The summed E-state index contributed by atoms with van der Waals surface area (Å²) in [5.74, 6) is -1.21. The molecule has 1 aromatic heterocycles. The third-order valence-electron chi connectivity index (χ3n) is 4.47. The molecular weight excluding hydrogens is 404 g/mol. The van der Waals surface area contributed by atoms with Crippen LogP contribution >= 0.6 is 23.1 Å². The predicted octanol–water partition coefficient (Wildman–Crippen LogP) is 3.61. The van der Waals surface area contributed by atoms with Gasteiger partial charge in [-0.2, -0.15) is 5.26 Å². The highest BCUT2D eigenvalue weighted by atomic mass is 32.2. The average molecular weight is 425 g/mol. The molecule has 0 aliphatic carbocycles. The Kier molecular flexibility index (Phi) is 6.42. The van der Waals surface area contributed by atoms with Gasteiger partial charge in [-0.3, -0.25) is 9.59 Å². The highest BCUT2D eigenvalue weighted by molar-refractivity contribution is 8.03. The van der Waals surface area contributed by atoms with Crippen LogP contribution in [0.4, 0.5) is 5.69 Å². The summed E-state index contributed by atoms with van der Waals surface area (Å²) in [5, 5.41) is 18.4. The van der Waals surface area contributed by atoms with Gasteiger partial charge >= 0.3 is 0 Å². The number of carbonyl (C=O) groups excluding carboxylic acids is 2. The third kappa shape index (κ3) is 4.53. The van der Waals surface area contributed by atoms with Crippen LogP contribution in [0.2, 0.25) is 0 Å². The van der Waals surface area contributed by atoms with Crippen LogP contribution in [-0.2, 0) is 9.59 Å². The summed E-state index contributed by atoms with van der Waals surface area (Å²) >= 11 is 2.65. The first-order valence-corrected chi connectivity index (χ1v) is 10.7. The van der Waals surface area contributed by atoms with Crippen LogP contribution in [0.3, 0.4) is 0 Å². The fourth-order valence-corrected chi connectivity index (χ4v) is 4.79. The van der Waals surface area contributed by atoms with Crippen molar-refractivity contribution in [3.63, 3.8) is 0 Å². The van der Waals surface area contributed by atoms with E-state index in [9.17, 15) is 14.9 Å². The minimum Gasteiger partial charge on any atom is -0.369 e. The van der Waals surface area contributed by atoms with E-state index in [4.69, 9.17) is 5.73 Å². The van der Waals surface area contributed by atoms with E-state index in [-0.39, 0.29) is 11.7 Å². The molecule has 2 heterocycles. The quantitative estimate of drug-likeness (QED) is 0.656. The topological polar surface area (TPSA) is 108 Å². The predicted molar refractivity (Wildman–Crippen MR) is 117 cm³/mol. The Bertz CT molecular complexity index is 1050. The number of thioether (sulfide) groups is 1. The molecule has 0 saturated heterocycles. The Morgan fingerprint density at radius 3 is 2.66 bits per heavy atom. The van der Waals surface area contributed by atoms with Gasteiger partial charge in [0.1, 0.15) is 0 Å². The highest BCUT2D eigenvalue weighted by Crippen LogP contribution is 2.42. The number of carbonyl (C=O) groups is 2. The van der Waals surface area contributed by atoms with E-state index < -0.39 is 11.8 Å². The van der Waals surface area contributed by atoms with Crippen molar-refractivity contribution in [2.75, 3.05) is 11.1 Å². The summed E-state index contributed by atoms with van der Waals surface area (Å²) < 4.78 is 0. The van der Waals surface area contributed by atoms with E-state index in [1.165, 1.54) is 23.1 Å². The van der Waals surface area contributed by atoms with Crippen LogP contribution in [0, 0.1) is 18.3 Å². The first-order chi connectivity index (χ1) is 13.9. The van der Waals surface area contributed by atoms with Gasteiger partial charge in [0.2, 0.25) is 5.91 Å². The second-order valence-electron chi connectivity index (χ2n) is 6.49. The molecule has 6 nitrogen and oxygen atoms in total. The number of benzene rings is 1. The lowest BCUT2D eigenvalue weighted by molar-refractivity contribution is -0.115. The number of amides is 2. The normalized spacial score (nSPS) is 16.2. The molecule has 0 saturated carbocycles. The first-order valence-electron chi connectivity index (χ1n) is 8.86. The molecule has 29 heavy (non-hydrogen) atoms. The van der Waals surface area contributed by atoms with Gasteiger partial charge in [0, 0.05) is 21.8 Å². The van der Waals surface area contributed by atoms with Crippen LogP contribution in [0.1, 0.15) is 23.3 Å². The molecule has 0 radical (unpaired) electrons. The number of dihydropyridines is 1.